The second-order valence-electron chi connectivity index (χ2n) is 3.15. The summed E-state index contributed by atoms with van der Waals surface area (Å²) in [5.74, 6) is -0.0638. The molecule has 1 aromatic rings. The molecule has 0 aliphatic heterocycles. The van der Waals surface area contributed by atoms with Crippen molar-refractivity contribution < 1.29 is 4.79 Å². The molecule has 0 aliphatic rings. The number of amides is 1. The lowest BCUT2D eigenvalue weighted by Crippen LogP contribution is -2.36. The summed E-state index contributed by atoms with van der Waals surface area (Å²) in [6.07, 6.45) is 3.07. The van der Waals surface area contributed by atoms with E-state index in [-0.39, 0.29) is 11.9 Å². The van der Waals surface area contributed by atoms with Crippen molar-refractivity contribution in [2.24, 2.45) is 5.73 Å². The molecule has 0 fully saturated rings. The van der Waals surface area contributed by atoms with E-state index in [1.807, 2.05) is 6.92 Å². The summed E-state index contributed by atoms with van der Waals surface area (Å²) in [4.78, 5) is 13.1. The highest BCUT2D eigenvalue weighted by Gasteiger charge is 2.12. The molecular weight excluding hydrogens is 168 g/mol. The average molecular weight is 182 g/mol. The monoisotopic (exact) mass is 182 g/mol. The third kappa shape index (κ3) is 2.55. The molecule has 0 saturated carbocycles. The summed E-state index contributed by atoms with van der Waals surface area (Å²) in [6, 6.07) is -0.0131. The number of nitrogens with two attached hydrogens (primary N) is 1. The van der Waals surface area contributed by atoms with Crippen LogP contribution in [0.5, 0.6) is 0 Å². The Hall–Kier alpha value is -1.36. The lowest BCUT2D eigenvalue weighted by Gasteiger charge is -2.18. The van der Waals surface area contributed by atoms with Crippen LogP contribution in [0.2, 0.25) is 0 Å². The number of H-pyrrole nitrogens is 1. The van der Waals surface area contributed by atoms with Gasteiger partial charge >= 0.3 is 0 Å². The number of hydrogen-bond donors (Lipinski definition) is 2. The number of likely N-dealkylation sites (N-methyl/N-ethyl adjacent to an activating group) is 1. The summed E-state index contributed by atoms with van der Waals surface area (Å²) in [6.45, 7) is 2.41. The zero-order valence-corrected chi connectivity index (χ0v) is 7.82. The van der Waals surface area contributed by atoms with Crippen molar-refractivity contribution in [2.75, 3.05) is 13.6 Å². The molecule has 1 aromatic heterocycles. The number of nitrogens with one attached hydrogen (secondary N) is 1. The first-order valence-corrected chi connectivity index (χ1v) is 4.11. The standard InChI is InChI=1S/C8H14N4O/c1-6(9)5-12(2)8(13)7-3-10-11-4-7/h3-4,6H,5,9H2,1-2H3,(H,10,11). The Morgan fingerprint density at radius 1 is 1.85 bits per heavy atom. The van der Waals surface area contributed by atoms with Crippen molar-refractivity contribution >= 4 is 5.91 Å². The van der Waals surface area contributed by atoms with Crippen LogP contribution in [0, 0.1) is 0 Å². The van der Waals surface area contributed by atoms with Crippen molar-refractivity contribution in [1.82, 2.24) is 15.1 Å². The van der Waals surface area contributed by atoms with Crippen LogP contribution in [0.3, 0.4) is 0 Å². The third-order valence-corrected chi connectivity index (χ3v) is 1.65. The van der Waals surface area contributed by atoms with Crippen LogP contribution < -0.4 is 5.73 Å². The molecule has 72 valence electrons. The normalized spacial score (nSPS) is 12.5. The first-order valence-electron chi connectivity index (χ1n) is 4.11. The molecule has 5 heteroatoms. The lowest BCUT2D eigenvalue weighted by atomic mass is 10.3. The average Bonchev–Trinajstić information content (AvgIpc) is 2.53. The Kier molecular flexibility index (Phi) is 3.02. The second-order valence-corrected chi connectivity index (χ2v) is 3.15. The second kappa shape index (κ2) is 4.04. The van der Waals surface area contributed by atoms with Crippen LogP contribution in [0.15, 0.2) is 12.4 Å². The quantitative estimate of drug-likeness (QED) is 0.681. The van der Waals surface area contributed by atoms with Crippen LogP contribution in [0.4, 0.5) is 0 Å². The maximum Gasteiger partial charge on any atom is 0.256 e. The Labute approximate surface area is 76.9 Å². The predicted octanol–water partition coefficient (Wildman–Crippen LogP) is -0.171. The molecule has 1 atom stereocenters. The van der Waals surface area contributed by atoms with Gasteiger partial charge < -0.3 is 10.6 Å². The fraction of sp³-hybridized carbons (Fsp3) is 0.500. The smallest absolute Gasteiger partial charge is 0.256 e. The molecule has 0 saturated heterocycles. The summed E-state index contributed by atoms with van der Waals surface area (Å²) < 4.78 is 0. The summed E-state index contributed by atoms with van der Waals surface area (Å²) in [7, 11) is 1.72. The van der Waals surface area contributed by atoms with Crippen molar-refractivity contribution in [3.05, 3.63) is 18.0 Å². The Balaban J connectivity index is 2.58. The van der Waals surface area contributed by atoms with Crippen molar-refractivity contribution in [1.29, 1.82) is 0 Å². The van der Waals surface area contributed by atoms with E-state index in [0.29, 0.717) is 12.1 Å². The van der Waals surface area contributed by atoms with E-state index in [2.05, 4.69) is 10.2 Å². The van der Waals surface area contributed by atoms with E-state index in [9.17, 15) is 4.79 Å². The Bertz CT molecular complexity index is 268. The number of hydrogen-bond acceptors (Lipinski definition) is 3. The molecule has 1 rings (SSSR count). The fourth-order valence-corrected chi connectivity index (χ4v) is 1.10. The summed E-state index contributed by atoms with van der Waals surface area (Å²) >= 11 is 0. The zero-order chi connectivity index (χ0) is 9.84. The Morgan fingerprint density at radius 3 is 3.00 bits per heavy atom. The minimum absolute atomic E-state index is 0.0131. The number of carbonyl (C=O) groups excluding carboxylic acids is 1. The van der Waals surface area contributed by atoms with E-state index >= 15 is 0 Å². The maximum atomic E-state index is 11.6. The van der Waals surface area contributed by atoms with E-state index in [0.717, 1.165) is 0 Å². The molecule has 3 N–H and O–H groups in total. The Morgan fingerprint density at radius 2 is 2.54 bits per heavy atom. The van der Waals surface area contributed by atoms with Gasteiger partial charge in [-0.1, -0.05) is 0 Å². The van der Waals surface area contributed by atoms with E-state index < -0.39 is 0 Å². The van der Waals surface area contributed by atoms with Crippen LogP contribution >= 0.6 is 0 Å². The van der Waals surface area contributed by atoms with Crippen molar-refractivity contribution in [2.45, 2.75) is 13.0 Å². The first kappa shape index (κ1) is 9.73. The SMILES string of the molecule is CC(N)CN(C)C(=O)c1cn[nH]c1. The molecular formula is C8H14N4O. The van der Waals surface area contributed by atoms with Crippen LogP contribution in [-0.4, -0.2) is 40.6 Å². The third-order valence-electron chi connectivity index (χ3n) is 1.65. The van der Waals surface area contributed by atoms with Gasteiger partial charge in [0.1, 0.15) is 0 Å². The highest BCUT2D eigenvalue weighted by atomic mass is 16.2. The summed E-state index contributed by atoms with van der Waals surface area (Å²) in [5.41, 5.74) is 6.13. The minimum Gasteiger partial charge on any atom is -0.340 e. The molecule has 0 bridgehead atoms. The predicted molar refractivity (Wildman–Crippen MR) is 49.2 cm³/mol. The van der Waals surface area contributed by atoms with Crippen LogP contribution in [0.1, 0.15) is 17.3 Å². The van der Waals surface area contributed by atoms with Crippen molar-refractivity contribution in [3.8, 4) is 0 Å². The molecule has 0 radical (unpaired) electrons. The van der Waals surface area contributed by atoms with Crippen molar-refractivity contribution in [3.63, 3.8) is 0 Å². The highest BCUT2D eigenvalue weighted by Crippen LogP contribution is 1.99. The number of aromatic nitrogens is 2. The van der Waals surface area contributed by atoms with Crippen LogP contribution in [-0.2, 0) is 0 Å². The fourth-order valence-electron chi connectivity index (χ4n) is 1.10. The molecule has 1 amide bonds. The lowest BCUT2D eigenvalue weighted by molar-refractivity contribution is 0.0789. The summed E-state index contributed by atoms with van der Waals surface area (Å²) in [5, 5.41) is 6.29. The van der Waals surface area contributed by atoms with Crippen LogP contribution in [0.25, 0.3) is 0 Å². The van der Waals surface area contributed by atoms with Gasteiger partial charge in [-0.3, -0.25) is 9.89 Å². The zero-order valence-electron chi connectivity index (χ0n) is 7.82. The number of carbonyl (C=O) groups is 1. The van der Waals surface area contributed by atoms with Gasteiger partial charge in [-0.2, -0.15) is 5.10 Å². The molecule has 1 unspecified atom stereocenters. The van der Waals surface area contributed by atoms with Gasteiger partial charge in [0.2, 0.25) is 0 Å². The van der Waals surface area contributed by atoms with Gasteiger partial charge in [-0.05, 0) is 6.92 Å². The van der Waals surface area contributed by atoms with E-state index in [1.165, 1.54) is 6.20 Å². The van der Waals surface area contributed by atoms with Gasteiger partial charge in [-0.25, -0.2) is 0 Å². The number of aromatic amines is 1. The van der Waals surface area contributed by atoms with Gasteiger partial charge in [0.15, 0.2) is 0 Å². The molecule has 1 heterocycles. The van der Waals surface area contributed by atoms with E-state index in [4.69, 9.17) is 5.73 Å². The maximum absolute atomic E-state index is 11.6. The largest absolute Gasteiger partial charge is 0.340 e. The van der Waals surface area contributed by atoms with Gasteiger partial charge in [-0.15, -0.1) is 0 Å². The topological polar surface area (TPSA) is 75.0 Å². The highest BCUT2D eigenvalue weighted by molar-refractivity contribution is 5.93. The first-order chi connectivity index (χ1) is 6.11. The molecule has 0 spiro atoms. The molecule has 13 heavy (non-hydrogen) atoms. The van der Waals surface area contributed by atoms with Gasteiger partial charge in [0.25, 0.3) is 5.91 Å². The molecule has 5 nitrogen and oxygen atoms in total. The van der Waals surface area contributed by atoms with Gasteiger partial charge in [0.05, 0.1) is 11.8 Å². The molecule has 0 aliphatic carbocycles. The molecule has 0 aromatic carbocycles. The minimum atomic E-state index is -0.0638. The number of rotatable bonds is 3. The van der Waals surface area contributed by atoms with E-state index in [1.54, 1.807) is 18.1 Å². The number of nitrogens with zero attached hydrogens (tertiary/aromatic N) is 2. The van der Waals surface area contributed by atoms with Gasteiger partial charge in [0, 0.05) is 25.8 Å².